The van der Waals surface area contributed by atoms with Gasteiger partial charge in [-0.15, -0.1) is 0 Å². The van der Waals surface area contributed by atoms with Crippen molar-refractivity contribution in [3.05, 3.63) is 24.3 Å². The molecule has 28 heavy (non-hydrogen) atoms. The number of nitrogens with zero attached hydrogens (tertiary/aromatic N) is 2. The first-order valence-corrected chi connectivity index (χ1v) is 9.96. The van der Waals surface area contributed by atoms with E-state index >= 15 is 0 Å². The van der Waals surface area contributed by atoms with Crippen molar-refractivity contribution < 1.29 is 27.5 Å². The van der Waals surface area contributed by atoms with E-state index in [-0.39, 0.29) is 23.6 Å². The topological polar surface area (TPSA) is 138 Å². The van der Waals surface area contributed by atoms with Gasteiger partial charge >= 0.3 is 5.97 Å². The standard InChI is InChI=1S/C18H21N3O6S/c1-12(20)15(10-19)17(22)11-27-18(23)16-4-3-9-21(16)28(24,25)14-7-5-13(26-2)6-8-14/h5-8,15-16,20H,3-4,9,11H2,1-2H3/t15?,16-/m0/s1. The number of rotatable bonds is 8. The summed E-state index contributed by atoms with van der Waals surface area (Å²) in [5, 5.41) is 16.3. The van der Waals surface area contributed by atoms with Crippen molar-refractivity contribution in [2.75, 3.05) is 20.3 Å². The number of ether oxygens (including phenoxy) is 2. The van der Waals surface area contributed by atoms with Crippen LogP contribution in [-0.4, -0.2) is 56.5 Å². The first kappa shape index (κ1) is 21.5. The van der Waals surface area contributed by atoms with Gasteiger partial charge < -0.3 is 14.9 Å². The molecule has 10 heteroatoms. The fourth-order valence-electron chi connectivity index (χ4n) is 2.88. The maximum atomic E-state index is 12.9. The van der Waals surface area contributed by atoms with Crippen LogP contribution in [0.15, 0.2) is 29.2 Å². The van der Waals surface area contributed by atoms with Crippen LogP contribution in [0.3, 0.4) is 0 Å². The number of nitriles is 1. The minimum absolute atomic E-state index is 0.0213. The summed E-state index contributed by atoms with van der Waals surface area (Å²) in [6.07, 6.45) is 0.747. The number of sulfonamides is 1. The molecule has 0 aromatic heterocycles. The summed E-state index contributed by atoms with van der Waals surface area (Å²) in [5.74, 6) is -2.34. The van der Waals surface area contributed by atoms with Crippen molar-refractivity contribution in [1.29, 1.82) is 10.7 Å². The van der Waals surface area contributed by atoms with Crippen molar-refractivity contribution in [1.82, 2.24) is 4.31 Å². The molecule has 1 fully saturated rings. The van der Waals surface area contributed by atoms with Crippen LogP contribution in [0.2, 0.25) is 0 Å². The van der Waals surface area contributed by atoms with Crippen LogP contribution in [0, 0.1) is 22.7 Å². The third-order valence-electron chi connectivity index (χ3n) is 4.38. The van der Waals surface area contributed by atoms with E-state index in [4.69, 9.17) is 20.1 Å². The van der Waals surface area contributed by atoms with Crippen molar-refractivity contribution in [2.45, 2.75) is 30.7 Å². The lowest BCUT2D eigenvalue weighted by molar-refractivity contribution is -0.151. The molecule has 1 N–H and O–H groups in total. The van der Waals surface area contributed by atoms with E-state index in [2.05, 4.69) is 0 Å². The highest BCUT2D eigenvalue weighted by molar-refractivity contribution is 7.89. The van der Waals surface area contributed by atoms with Crippen LogP contribution in [0.5, 0.6) is 5.75 Å². The Balaban J connectivity index is 2.10. The monoisotopic (exact) mass is 407 g/mol. The van der Waals surface area contributed by atoms with Gasteiger partial charge in [-0.05, 0) is 44.0 Å². The van der Waals surface area contributed by atoms with E-state index in [1.807, 2.05) is 0 Å². The zero-order chi connectivity index (χ0) is 20.9. The molecule has 9 nitrogen and oxygen atoms in total. The third-order valence-corrected chi connectivity index (χ3v) is 6.30. The summed E-state index contributed by atoms with van der Waals surface area (Å²) in [6.45, 7) is 0.788. The van der Waals surface area contributed by atoms with Gasteiger partial charge in [0.15, 0.2) is 12.4 Å². The minimum Gasteiger partial charge on any atom is -0.497 e. The first-order chi connectivity index (χ1) is 13.2. The number of ketones is 1. The number of carbonyl (C=O) groups is 2. The second-order valence-corrected chi connectivity index (χ2v) is 8.16. The molecule has 0 aliphatic carbocycles. The molecule has 1 aliphatic rings. The van der Waals surface area contributed by atoms with Crippen LogP contribution in [-0.2, 0) is 24.3 Å². The van der Waals surface area contributed by atoms with Crippen molar-refractivity contribution in [3.63, 3.8) is 0 Å². The van der Waals surface area contributed by atoms with Crippen LogP contribution < -0.4 is 4.74 Å². The molecular formula is C18H21N3O6S. The number of methoxy groups -OCH3 is 1. The lowest BCUT2D eigenvalue weighted by Crippen LogP contribution is -2.42. The van der Waals surface area contributed by atoms with Crippen molar-refractivity contribution >= 4 is 27.5 Å². The highest BCUT2D eigenvalue weighted by atomic mass is 32.2. The van der Waals surface area contributed by atoms with Gasteiger partial charge in [0.1, 0.15) is 17.7 Å². The molecule has 1 unspecified atom stereocenters. The summed E-state index contributed by atoms with van der Waals surface area (Å²) in [4.78, 5) is 24.3. The molecule has 1 heterocycles. The van der Waals surface area contributed by atoms with Gasteiger partial charge in [0.25, 0.3) is 0 Å². The molecular weight excluding hydrogens is 386 g/mol. The highest BCUT2D eigenvalue weighted by Crippen LogP contribution is 2.28. The second kappa shape index (κ2) is 8.95. The van der Waals surface area contributed by atoms with Crippen molar-refractivity contribution in [3.8, 4) is 11.8 Å². The Kier molecular flexibility index (Phi) is 6.88. The van der Waals surface area contributed by atoms with Crippen LogP contribution in [0.25, 0.3) is 0 Å². The fourth-order valence-corrected chi connectivity index (χ4v) is 4.53. The summed E-state index contributed by atoms with van der Waals surface area (Å²) >= 11 is 0. The zero-order valence-corrected chi connectivity index (χ0v) is 16.4. The third kappa shape index (κ3) is 4.55. The van der Waals surface area contributed by atoms with Gasteiger partial charge in [0.2, 0.25) is 10.0 Å². The first-order valence-electron chi connectivity index (χ1n) is 8.52. The van der Waals surface area contributed by atoms with Gasteiger partial charge in [0, 0.05) is 12.3 Å². The average molecular weight is 407 g/mol. The Morgan fingerprint density at radius 3 is 2.54 bits per heavy atom. The number of hydrogen-bond acceptors (Lipinski definition) is 8. The molecule has 1 aliphatic heterocycles. The lowest BCUT2D eigenvalue weighted by atomic mass is 10.0. The molecule has 2 atom stereocenters. The summed E-state index contributed by atoms with van der Waals surface area (Å²) in [5.41, 5.74) is -0.145. The number of Topliss-reactive ketones (excluding diaryl/α,β-unsaturated/α-hetero) is 1. The molecule has 0 bridgehead atoms. The largest absolute Gasteiger partial charge is 0.497 e. The fraction of sp³-hybridized carbons (Fsp3) is 0.444. The van der Waals surface area contributed by atoms with Gasteiger partial charge in [0.05, 0.1) is 18.1 Å². The van der Waals surface area contributed by atoms with E-state index in [1.54, 1.807) is 6.07 Å². The van der Waals surface area contributed by atoms with Crippen LogP contribution >= 0.6 is 0 Å². The lowest BCUT2D eigenvalue weighted by Gasteiger charge is -2.23. The Labute approximate surface area is 163 Å². The summed E-state index contributed by atoms with van der Waals surface area (Å²) in [7, 11) is -2.46. The number of hydrogen-bond donors (Lipinski definition) is 1. The Morgan fingerprint density at radius 2 is 2.00 bits per heavy atom. The van der Waals surface area contributed by atoms with E-state index in [9.17, 15) is 18.0 Å². The molecule has 150 valence electrons. The smallest absolute Gasteiger partial charge is 0.324 e. The number of benzene rings is 1. The number of esters is 1. The van der Waals surface area contributed by atoms with E-state index in [0.717, 1.165) is 4.31 Å². The predicted octanol–water partition coefficient (Wildman–Crippen LogP) is 1.14. The Morgan fingerprint density at radius 1 is 1.36 bits per heavy atom. The number of carbonyl (C=O) groups excluding carboxylic acids is 2. The van der Waals surface area contributed by atoms with Crippen molar-refractivity contribution in [2.24, 2.45) is 5.92 Å². The molecule has 1 aromatic carbocycles. The Hall–Kier alpha value is -2.77. The average Bonchev–Trinajstić information content (AvgIpc) is 3.17. The predicted molar refractivity (Wildman–Crippen MR) is 98.4 cm³/mol. The van der Waals surface area contributed by atoms with Gasteiger partial charge in [-0.1, -0.05) is 0 Å². The molecule has 0 saturated carbocycles. The molecule has 1 aromatic rings. The van der Waals surface area contributed by atoms with E-state index < -0.39 is 40.3 Å². The molecule has 2 rings (SSSR count). The maximum absolute atomic E-state index is 12.9. The van der Waals surface area contributed by atoms with Gasteiger partial charge in [-0.25, -0.2) is 8.42 Å². The SMILES string of the molecule is COc1ccc(S(=O)(=O)N2CCC[C@H]2C(=O)OCC(=O)C(C#N)C(C)=N)cc1. The molecule has 0 spiro atoms. The summed E-state index contributed by atoms with van der Waals surface area (Å²) < 4.78 is 36.8. The normalized spacial score (nSPS) is 18.1. The van der Waals surface area contributed by atoms with E-state index in [1.165, 1.54) is 38.3 Å². The molecule has 0 radical (unpaired) electrons. The molecule has 1 saturated heterocycles. The van der Waals surface area contributed by atoms with Gasteiger partial charge in [-0.2, -0.15) is 9.57 Å². The van der Waals surface area contributed by atoms with Crippen LogP contribution in [0.1, 0.15) is 19.8 Å². The highest BCUT2D eigenvalue weighted by Gasteiger charge is 2.40. The van der Waals surface area contributed by atoms with Gasteiger partial charge in [-0.3, -0.25) is 9.59 Å². The van der Waals surface area contributed by atoms with E-state index in [0.29, 0.717) is 12.2 Å². The number of nitrogens with one attached hydrogen (secondary N) is 1. The van der Waals surface area contributed by atoms with Crippen LogP contribution in [0.4, 0.5) is 0 Å². The minimum atomic E-state index is -3.93. The Bertz CT molecular complexity index is 904. The quantitative estimate of drug-likeness (QED) is 0.504. The summed E-state index contributed by atoms with van der Waals surface area (Å²) in [6, 6.07) is 6.44. The zero-order valence-electron chi connectivity index (χ0n) is 15.5. The maximum Gasteiger partial charge on any atom is 0.324 e. The molecule has 0 amide bonds. The second-order valence-electron chi connectivity index (χ2n) is 6.27.